The first-order valence-corrected chi connectivity index (χ1v) is 9.43. The van der Waals surface area contributed by atoms with Crippen molar-refractivity contribution in [2.75, 3.05) is 13.1 Å². The fourth-order valence-electron chi connectivity index (χ4n) is 3.48. The smallest absolute Gasteiger partial charge is 0.274 e. The predicted octanol–water partition coefficient (Wildman–Crippen LogP) is 3.34. The number of carbonyl (C=O) groups is 1. The van der Waals surface area contributed by atoms with E-state index < -0.39 is 5.54 Å². The molecule has 1 amide bonds. The summed E-state index contributed by atoms with van der Waals surface area (Å²) in [5.41, 5.74) is 1.78. The summed E-state index contributed by atoms with van der Waals surface area (Å²) in [5.74, 6) is -0.195. The van der Waals surface area contributed by atoms with Gasteiger partial charge < -0.3 is 10.6 Å². The van der Waals surface area contributed by atoms with Crippen molar-refractivity contribution in [1.82, 2.24) is 25.6 Å². The van der Waals surface area contributed by atoms with Gasteiger partial charge in [0.2, 0.25) is 0 Å². The summed E-state index contributed by atoms with van der Waals surface area (Å²) in [5, 5.41) is 15.5. The number of halogens is 2. The number of hydrogen-bond acceptors (Lipinski definition) is 4. The fourth-order valence-corrected chi connectivity index (χ4v) is 3.68. The minimum atomic E-state index is -0.451. The van der Waals surface area contributed by atoms with Gasteiger partial charge in [-0.05, 0) is 64.8 Å². The lowest BCUT2D eigenvalue weighted by atomic mass is 9.94. The van der Waals surface area contributed by atoms with E-state index in [1.54, 1.807) is 0 Å². The highest BCUT2D eigenvalue weighted by Crippen LogP contribution is 2.23. The number of benzene rings is 1. The Labute approximate surface area is 171 Å². The monoisotopic (exact) mass is 411 g/mol. The molecule has 0 spiro atoms. The maximum Gasteiger partial charge on any atom is 0.274 e. The number of nitrogens with one attached hydrogen (secondary N) is 2. The van der Waals surface area contributed by atoms with Crippen LogP contribution in [-0.2, 0) is 6.42 Å². The van der Waals surface area contributed by atoms with E-state index in [9.17, 15) is 4.79 Å². The number of piperidine rings is 1. The van der Waals surface area contributed by atoms with Crippen molar-refractivity contribution in [2.24, 2.45) is 0 Å². The van der Waals surface area contributed by atoms with Gasteiger partial charge in [0.05, 0.1) is 11.7 Å². The highest BCUT2D eigenvalue weighted by Gasteiger charge is 2.27. The Bertz CT molecular complexity index is 784. The molecule has 3 rings (SSSR count). The highest BCUT2D eigenvalue weighted by atomic mass is 35.5. The molecule has 1 saturated heterocycles. The van der Waals surface area contributed by atoms with Crippen molar-refractivity contribution in [3.8, 4) is 0 Å². The third-order valence-corrected chi connectivity index (χ3v) is 5.21. The minimum absolute atomic E-state index is 0. The molecule has 2 N–H and O–H groups in total. The van der Waals surface area contributed by atoms with Crippen molar-refractivity contribution < 1.29 is 4.79 Å². The molecule has 148 valence electrons. The number of aromatic nitrogens is 3. The average molecular weight is 412 g/mol. The molecule has 27 heavy (non-hydrogen) atoms. The normalized spacial score (nSPS) is 15.3. The molecule has 0 saturated carbocycles. The summed E-state index contributed by atoms with van der Waals surface area (Å²) in [4.78, 5) is 12.8. The molecule has 2 heterocycles. The molecule has 1 aromatic heterocycles. The van der Waals surface area contributed by atoms with Gasteiger partial charge >= 0.3 is 0 Å². The van der Waals surface area contributed by atoms with Gasteiger partial charge in [0.1, 0.15) is 0 Å². The van der Waals surface area contributed by atoms with Crippen LogP contribution in [0.25, 0.3) is 0 Å². The van der Waals surface area contributed by atoms with Crippen LogP contribution >= 0.6 is 24.0 Å². The van der Waals surface area contributed by atoms with E-state index in [1.807, 2.05) is 49.7 Å². The third-order valence-electron chi connectivity index (χ3n) is 4.84. The Hall–Kier alpha value is -1.63. The predicted molar refractivity (Wildman–Crippen MR) is 110 cm³/mol. The molecular formula is C19H27Cl2N5O. The SMILES string of the molecule is Cc1c(C(=O)NC(C)(C)Cc2ccccc2Cl)nnn1C1CCNCC1.Cl. The van der Waals surface area contributed by atoms with Crippen LogP contribution in [0.15, 0.2) is 24.3 Å². The van der Waals surface area contributed by atoms with Crippen molar-refractivity contribution in [3.05, 3.63) is 46.2 Å². The van der Waals surface area contributed by atoms with Crippen LogP contribution in [0.3, 0.4) is 0 Å². The summed E-state index contributed by atoms with van der Waals surface area (Å²) in [6.45, 7) is 7.83. The molecule has 1 aromatic carbocycles. The van der Waals surface area contributed by atoms with Crippen LogP contribution in [0, 0.1) is 6.92 Å². The molecule has 1 fully saturated rings. The second-order valence-corrected chi connectivity index (χ2v) is 7.96. The lowest BCUT2D eigenvalue weighted by Gasteiger charge is -2.27. The second kappa shape index (κ2) is 9.04. The fraction of sp³-hybridized carbons (Fsp3) is 0.526. The highest BCUT2D eigenvalue weighted by molar-refractivity contribution is 6.31. The summed E-state index contributed by atoms with van der Waals surface area (Å²) in [6, 6.07) is 8.01. The molecule has 1 aliphatic rings. The molecule has 2 aromatic rings. The summed E-state index contributed by atoms with van der Waals surface area (Å²) in [7, 11) is 0. The first-order valence-electron chi connectivity index (χ1n) is 9.06. The number of hydrogen-bond donors (Lipinski definition) is 2. The van der Waals surface area contributed by atoms with E-state index in [0.717, 1.165) is 37.2 Å². The average Bonchev–Trinajstić information content (AvgIpc) is 2.99. The number of carbonyl (C=O) groups excluding carboxylic acids is 1. The number of rotatable bonds is 5. The zero-order valence-electron chi connectivity index (χ0n) is 16.0. The first-order chi connectivity index (χ1) is 12.4. The largest absolute Gasteiger partial charge is 0.345 e. The maximum atomic E-state index is 12.8. The van der Waals surface area contributed by atoms with Crippen molar-refractivity contribution in [1.29, 1.82) is 0 Å². The lowest BCUT2D eigenvalue weighted by Crippen LogP contribution is -2.45. The van der Waals surface area contributed by atoms with Crippen LogP contribution in [0.4, 0.5) is 0 Å². The van der Waals surface area contributed by atoms with E-state index in [0.29, 0.717) is 23.2 Å². The molecule has 0 radical (unpaired) electrons. The minimum Gasteiger partial charge on any atom is -0.345 e. The van der Waals surface area contributed by atoms with Gasteiger partial charge in [-0.3, -0.25) is 4.79 Å². The van der Waals surface area contributed by atoms with E-state index in [1.165, 1.54) is 0 Å². The molecule has 6 nitrogen and oxygen atoms in total. The summed E-state index contributed by atoms with van der Waals surface area (Å²) >= 11 is 6.25. The van der Waals surface area contributed by atoms with E-state index in [-0.39, 0.29) is 18.3 Å². The molecule has 0 atom stereocenters. The summed E-state index contributed by atoms with van der Waals surface area (Å²) in [6.07, 6.45) is 2.65. The molecule has 0 aliphatic carbocycles. The molecule has 1 aliphatic heterocycles. The van der Waals surface area contributed by atoms with Crippen LogP contribution in [0.5, 0.6) is 0 Å². The zero-order chi connectivity index (χ0) is 18.7. The molecular weight excluding hydrogens is 385 g/mol. The van der Waals surface area contributed by atoms with E-state index in [4.69, 9.17) is 11.6 Å². The van der Waals surface area contributed by atoms with Gasteiger partial charge in [0, 0.05) is 10.6 Å². The number of amides is 1. The number of nitrogens with zero attached hydrogens (tertiary/aromatic N) is 3. The molecule has 8 heteroatoms. The third kappa shape index (κ3) is 5.21. The van der Waals surface area contributed by atoms with Gasteiger partial charge in [-0.25, -0.2) is 4.68 Å². The van der Waals surface area contributed by atoms with Crippen LogP contribution in [0.1, 0.15) is 54.5 Å². The maximum absolute atomic E-state index is 12.8. The summed E-state index contributed by atoms with van der Waals surface area (Å²) < 4.78 is 1.90. The Morgan fingerprint density at radius 2 is 2.00 bits per heavy atom. The Morgan fingerprint density at radius 1 is 1.33 bits per heavy atom. The van der Waals surface area contributed by atoms with Gasteiger partial charge in [-0.2, -0.15) is 0 Å². The zero-order valence-corrected chi connectivity index (χ0v) is 17.5. The van der Waals surface area contributed by atoms with Crippen molar-refractivity contribution in [3.63, 3.8) is 0 Å². The van der Waals surface area contributed by atoms with Crippen LogP contribution < -0.4 is 10.6 Å². The van der Waals surface area contributed by atoms with E-state index in [2.05, 4.69) is 20.9 Å². The van der Waals surface area contributed by atoms with Gasteiger partial charge in [0.25, 0.3) is 5.91 Å². The Balaban J connectivity index is 0.00000261. The van der Waals surface area contributed by atoms with Gasteiger partial charge in [-0.1, -0.05) is 35.0 Å². The molecule has 0 unspecified atom stereocenters. The van der Waals surface area contributed by atoms with Crippen molar-refractivity contribution >= 4 is 29.9 Å². The first kappa shape index (κ1) is 21.7. The topological polar surface area (TPSA) is 71.8 Å². The standard InChI is InChI=1S/C19H26ClN5O.ClH/c1-13-17(23-24-25(13)15-8-10-21-11-9-15)18(26)22-19(2,3)12-14-6-4-5-7-16(14)20;/h4-7,15,21H,8-12H2,1-3H3,(H,22,26);1H. The van der Waals surface area contributed by atoms with Gasteiger partial charge in [0.15, 0.2) is 5.69 Å². The molecule has 0 bridgehead atoms. The lowest BCUT2D eigenvalue weighted by molar-refractivity contribution is 0.0907. The van der Waals surface area contributed by atoms with Crippen molar-refractivity contribution in [2.45, 2.75) is 51.6 Å². The Kier molecular flexibility index (Phi) is 7.25. The quantitative estimate of drug-likeness (QED) is 0.790. The van der Waals surface area contributed by atoms with E-state index >= 15 is 0 Å². The second-order valence-electron chi connectivity index (χ2n) is 7.56. The van der Waals surface area contributed by atoms with Crippen LogP contribution in [0.2, 0.25) is 5.02 Å². The Morgan fingerprint density at radius 3 is 2.67 bits per heavy atom. The van der Waals surface area contributed by atoms with Crippen LogP contribution in [-0.4, -0.2) is 39.5 Å². The van der Waals surface area contributed by atoms with Gasteiger partial charge in [-0.15, -0.1) is 17.5 Å².